The summed E-state index contributed by atoms with van der Waals surface area (Å²) in [6.07, 6.45) is 9.93. The molecule has 0 saturated carbocycles. The van der Waals surface area contributed by atoms with E-state index in [0.717, 1.165) is 25.2 Å². The maximum Gasteiger partial charge on any atom is 0.269 e. The Labute approximate surface area is 162 Å². The van der Waals surface area contributed by atoms with Gasteiger partial charge in [0.25, 0.3) is 5.91 Å². The number of allylic oxidation sites excluding steroid dienone is 1. The van der Waals surface area contributed by atoms with Gasteiger partial charge in [0.2, 0.25) is 0 Å². The first-order valence-corrected chi connectivity index (χ1v) is 9.97. The molecule has 0 bridgehead atoms. The van der Waals surface area contributed by atoms with Crippen molar-refractivity contribution in [3.05, 3.63) is 71.6 Å². The highest BCUT2D eigenvalue weighted by molar-refractivity contribution is 5.93. The quantitative estimate of drug-likeness (QED) is 0.690. The highest BCUT2D eigenvalue weighted by Gasteiger charge is 2.12. The number of amides is 1. The van der Waals surface area contributed by atoms with Gasteiger partial charge in [-0.05, 0) is 56.7 Å². The number of benzene rings is 1. The zero-order valence-electron chi connectivity index (χ0n) is 16.2. The number of nitrogens with zero attached hydrogens (tertiary/aromatic N) is 2. The van der Waals surface area contributed by atoms with Gasteiger partial charge in [-0.3, -0.25) is 9.78 Å². The fourth-order valence-corrected chi connectivity index (χ4v) is 3.49. The summed E-state index contributed by atoms with van der Waals surface area (Å²) in [6.45, 7) is 4.49. The molecule has 0 atom stereocenters. The van der Waals surface area contributed by atoms with Gasteiger partial charge in [-0.2, -0.15) is 0 Å². The van der Waals surface area contributed by atoms with E-state index in [4.69, 9.17) is 0 Å². The van der Waals surface area contributed by atoms with E-state index in [-0.39, 0.29) is 5.91 Å². The Morgan fingerprint density at radius 2 is 2.04 bits per heavy atom. The van der Waals surface area contributed by atoms with E-state index in [0.29, 0.717) is 12.2 Å². The lowest BCUT2D eigenvalue weighted by atomic mass is 9.97. The number of aromatic nitrogens is 1. The Hall–Kier alpha value is -2.62. The molecule has 0 radical (unpaired) electrons. The van der Waals surface area contributed by atoms with Crippen LogP contribution < -0.4 is 10.2 Å². The second-order valence-corrected chi connectivity index (χ2v) is 7.01. The van der Waals surface area contributed by atoms with E-state index in [1.54, 1.807) is 6.20 Å². The van der Waals surface area contributed by atoms with E-state index in [1.807, 2.05) is 18.2 Å². The minimum Gasteiger partial charge on any atom is -0.367 e. The first kappa shape index (κ1) is 19.2. The van der Waals surface area contributed by atoms with E-state index >= 15 is 0 Å². The SMILES string of the molecule is CCN(Cc1ccccc1)c1ccnc(C(=O)NCCC2=CCCCC2)c1. The zero-order chi connectivity index (χ0) is 18.9. The molecule has 0 saturated heterocycles. The number of rotatable bonds is 8. The molecule has 1 aromatic carbocycles. The number of nitrogens with one attached hydrogen (secondary N) is 1. The van der Waals surface area contributed by atoms with Crippen LogP contribution in [0.2, 0.25) is 0 Å². The summed E-state index contributed by atoms with van der Waals surface area (Å²) in [5.41, 5.74) is 4.24. The van der Waals surface area contributed by atoms with Crippen molar-refractivity contribution in [1.82, 2.24) is 10.3 Å². The molecule has 1 aliphatic rings. The summed E-state index contributed by atoms with van der Waals surface area (Å²) < 4.78 is 0. The molecular formula is C23H29N3O. The largest absolute Gasteiger partial charge is 0.367 e. The summed E-state index contributed by atoms with van der Waals surface area (Å²) in [5.74, 6) is -0.0935. The fraction of sp³-hybridized carbons (Fsp3) is 0.391. The lowest BCUT2D eigenvalue weighted by Crippen LogP contribution is -2.27. The number of anilines is 1. The number of pyridine rings is 1. The molecule has 1 heterocycles. The molecule has 1 amide bonds. The van der Waals surface area contributed by atoms with Crippen LogP contribution in [0.4, 0.5) is 5.69 Å². The molecule has 2 aromatic rings. The minimum atomic E-state index is -0.0935. The van der Waals surface area contributed by atoms with Crippen molar-refractivity contribution in [3.63, 3.8) is 0 Å². The molecule has 4 nitrogen and oxygen atoms in total. The van der Waals surface area contributed by atoms with Crippen molar-refractivity contribution in [2.24, 2.45) is 0 Å². The summed E-state index contributed by atoms with van der Waals surface area (Å²) in [4.78, 5) is 19.0. The van der Waals surface area contributed by atoms with Crippen LogP contribution in [0.5, 0.6) is 0 Å². The van der Waals surface area contributed by atoms with Gasteiger partial charge in [-0.25, -0.2) is 0 Å². The van der Waals surface area contributed by atoms with Crippen LogP contribution in [0.15, 0.2) is 60.3 Å². The lowest BCUT2D eigenvalue weighted by molar-refractivity contribution is 0.0949. The van der Waals surface area contributed by atoms with Crippen molar-refractivity contribution in [3.8, 4) is 0 Å². The van der Waals surface area contributed by atoms with Crippen LogP contribution in [0.3, 0.4) is 0 Å². The maximum atomic E-state index is 12.5. The third-order valence-electron chi connectivity index (χ3n) is 5.06. The molecule has 3 rings (SSSR count). The average molecular weight is 364 g/mol. The highest BCUT2D eigenvalue weighted by atomic mass is 16.1. The van der Waals surface area contributed by atoms with E-state index in [2.05, 4.69) is 52.5 Å². The normalized spacial score (nSPS) is 13.7. The summed E-state index contributed by atoms with van der Waals surface area (Å²) in [7, 11) is 0. The van der Waals surface area contributed by atoms with Crippen LogP contribution in [0.25, 0.3) is 0 Å². The minimum absolute atomic E-state index is 0.0935. The molecule has 1 aromatic heterocycles. The van der Waals surface area contributed by atoms with Crippen LogP contribution >= 0.6 is 0 Å². The predicted octanol–water partition coefficient (Wildman–Crippen LogP) is 4.73. The second kappa shape index (κ2) is 9.91. The van der Waals surface area contributed by atoms with Crippen molar-refractivity contribution in [2.45, 2.75) is 45.6 Å². The molecular weight excluding hydrogens is 334 g/mol. The first-order chi connectivity index (χ1) is 13.3. The number of hydrogen-bond donors (Lipinski definition) is 1. The molecule has 0 unspecified atom stereocenters. The molecule has 0 aliphatic heterocycles. The first-order valence-electron chi connectivity index (χ1n) is 9.97. The predicted molar refractivity (Wildman–Crippen MR) is 111 cm³/mol. The molecule has 0 fully saturated rings. The molecule has 1 aliphatic carbocycles. The molecule has 27 heavy (non-hydrogen) atoms. The van der Waals surface area contributed by atoms with Gasteiger partial charge >= 0.3 is 0 Å². The Morgan fingerprint density at radius 1 is 1.19 bits per heavy atom. The smallest absolute Gasteiger partial charge is 0.269 e. The van der Waals surface area contributed by atoms with Crippen LogP contribution in [0.1, 0.15) is 55.1 Å². The van der Waals surface area contributed by atoms with Gasteiger partial charge in [-0.15, -0.1) is 0 Å². The third-order valence-corrected chi connectivity index (χ3v) is 5.06. The second-order valence-electron chi connectivity index (χ2n) is 7.01. The van der Waals surface area contributed by atoms with Gasteiger partial charge in [0.05, 0.1) is 0 Å². The molecule has 0 spiro atoms. The monoisotopic (exact) mass is 363 g/mol. The third kappa shape index (κ3) is 5.68. The van der Waals surface area contributed by atoms with Gasteiger partial charge < -0.3 is 10.2 Å². The Balaban J connectivity index is 1.59. The number of hydrogen-bond acceptors (Lipinski definition) is 3. The molecule has 142 valence electrons. The van der Waals surface area contributed by atoms with Crippen molar-refractivity contribution >= 4 is 11.6 Å². The Morgan fingerprint density at radius 3 is 2.78 bits per heavy atom. The zero-order valence-corrected chi connectivity index (χ0v) is 16.2. The number of carbonyl (C=O) groups is 1. The van der Waals surface area contributed by atoms with Gasteiger partial charge in [-0.1, -0.05) is 42.0 Å². The maximum absolute atomic E-state index is 12.5. The van der Waals surface area contributed by atoms with Crippen LogP contribution in [-0.4, -0.2) is 24.0 Å². The fourth-order valence-electron chi connectivity index (χ4n) is 3.49. The van der Waals surface area contributed by atoms with E-state index < -0.39 is 0 Å². The number of carbonyl (C=O) groups excluding carboxylic acids is 1. The molecule has 1 N–H and O–H groups in total. The topological polar surface area (TPSA) is 45.2 Å². The van der Waals surface area contributed by atoms with Gasteiger partial charge in [0, 0.05) is 31.5 Å². The van der Waals surface area contributed by atoms with Gasteiger partial charge in [0.1, 0.15) is 5.69 Å². The van der Waals surface area contributed by atoms with E-state index in [9.17, 15) is 4.79 Å². The van der Waals surface area contributed by atoms with Crippen LogP contribution in [0, 0.1) is 0 Å². The standard InChI is InChI=1S/C23H29N3O/c1-2-26(18-20-11-7-4-8-12-20)21-14-16-24-22(17-21)23(27)25-15-13-19-9-5-3-6-10-19/h4,7-9,11-12,14,16-17H,2-3,5-6,10,13,15,18H2,1H3,(H,25,27). The van der Waals surface area contributed by atoms with Crippen LogP contribution in [-0.2, 0) is 6.54 Å². The average Bonchev–Trinajstić information content (AvgIpc) is 2.73. The van der Waals surface area contributed by atoms with E-state index in [1.165, 1.54) is 36.8 Å². The van der Waals surface area contributed by atoms with Gasteiger partial charge in [0.15, 0.2) is 0 Å². The molecule has 4 heteroatoms. The van der Waals surface area contributed by atoms with Crippen molar-refractivity contribution in [2.75, 3.05) is 18.0 Å². The lowest BCUT2D eigenvalue weighted by Gasteiger charge is -2.23. The van der Waals surface area contributed by atoms with Crippen molar-refractivity contribution < 1.29 is 4.79 Å². The Bertz CT molecular complexity index is 770. The summed E-state index contributed by atoms with van der Waals surface area (Å²) in [6, 6.07) is 14.2. The Kier molecular flexibility index (Phi) is 7.03. The summed E-state index contributed by atoms with van der Waals surface area (Å²) in [5, 5.41) is 3.02. The van der Waals surface area contributed by atoms with Crippen molar-refractivity contribution in [1.29, 1.82) is 0 Å². The summed E-state index contributed by atoms with van der Waals surface area (Å²) >= 11 is 0. The highest BCUT2D eigenvalue weighted by Crippen LogP contribution is 2.20.